The van der Waals surface area contributed by atoms with E-state index in [1.165, 1.54) is 0 Å². The zero-order valence-electron chi connectivity index (χ0n) is 12.7. The van der Waals surface area contributed by atoms with Crippen molar-refractivity contribution in [3.8, 4) is 0 Å². The Morgan fingerprint density at radius 1 is 1.38 bits per heavy atom. The zero-order chi connectivity index (χ0) is 15.1. The number of nitrogens with zero attached hydrogens (tertiary/aromatic N) is 5. The summed E-state index contributed by atoms with van der Waals surface area (Å²) < 4.78 is 7.19. The standard InChI is InChI=1S/C14H19N5O2/c1-8(2)12-15-16-13-10(4)18(5-6-19(12)13)14(20)11-7-9(3)17-21-11/h7-8,10H,5-6H2,1-4H3/t10-/m0/s1. The molecule has 1 aliphatic heterocycles. The van der Waals surface area contributed by atoms with E-state index in [-0.39, 0.29) is 17.7 Å². The van der Waals surface area contributed by atoms with Gasteiger partial charge in [-0.3, -0.25) is 4.79 Å². The van der Waals surface area contributed by atoms with E-state index in [9.17, 15) is 4.79 Å². The van der Waals surface area contributed by atoms with Crippen molar-refractivity contribution in [3.63, 3.8) is 0 Å². The summed E-state index contributed by atoms with van der Waals surface area (Å²) in [7, 11) is 0. The summed E-state index contributed by atoms with van der Waals surface area (Å²) in [4.78, 5) is 14.3. The maximum atomic E-state index is 12.5. The molecule has 0 spiro atoms. The van der Waals surface area contributed by atoms with Crippen molar-refractivity contribution < 1.29 is 9.32 Å². The number of fused-ring (bicyclic) bond motifs is 1. The number of carbonyl (C=O) groups is 1. The van der Waals surface area contributed by atoms with Gasteiger partial charge in [0.25, 0.3) is 5.91 Å². The lowest BCUT2D eigenvalue weighted by Gasteiger charge is -2.33. The monoisotopic (exact) mass is 289 g/mol. The molecule has 1 aliphatic rings. The molecule has 3 rings (SSSR count). The minimum atomic E-state index is -0.150. The fraction of sp³-hybridized carbons (Fsp3) is 0.571. The topological polar surface area (TPSA) is 77.0 Å². The Hall–Kier alpha value is -2.18. The molecule has 112 valence electrons. The van der Waals surface area contributed by atoms with E-state index in [2.05, 4.69) is 33.8 Å². The van der Waals surface area contributed by atoms with Crippen LogP contribution >= 0.6 is 0 Å². The van der Waals surface area contributed by atoms with Crippen molar-refractivity contribution in [3.05, 3.63) is 29.2 Å². The van der Waals surface area contributed by atoms with E-state index < -0.39 is 0 Å². The van der Waals surface area contributed by atoms with E-state index in [4.69, 9.17) is 4.52 Å². The van der Waals surface area contributed by atoms with Crippen LogP contribution in [0.1, 0.15) is 60.6 Å². The van der Waals surface area contributed by atoms with Crippen LogP contribution in [0.3, 0.4) is 0 Å². The van der Waals surface area contributed by atoms with Gasteiger partial charge < -0.3 is 14.0 Å². The van der Waals surface area contributed by atoms with Gasteiger partial charge in [-0.15, -0.1) is 10.2 Å². The highest BCUT2D eigenvalue weighted by molar-refractivity contribution is 5.91. The fourth-order valence-corrected chi connectivity index (χ4v) is 2.72. The number of rotatable bonds is 2. The second kappa shape index (κ2) is 4.98. The lowest BCUT2D eigenvalue weighted by molar-refractivity contribution is 0.0593. The summed E-state index contributed by atoms with van der Waals surface area (Å²) >= 11 is 0. The first kappa shape index (κ1) is 13.8. The second-order valence-corrected chi connectivity index (χ2v) is 5.73. The van der Waals surface area contributed by atoms with Crippen molar-refractivity contribution in [1.82, 2.24) is 24.8 Å². The third-order valence-electron chi connectivity index (χ3n) is 3.83. The average molecular weight is 289 g/mol. The zero-order valence-corrected chi connectivity index (χ0v) is 12.7. The highest BCUT2D eigenvalue weighted by Crippen LogP contribution is 2.28. The SMILES string of the molecule is Cc1cc(C(=O)N2CCn3c(C(C)C)nnc3[C@@H]2C)on1. The molecule has 2 aromatic heterocycles. The van der Waals surface area contributed by atoms with Crippen molar-refractivity contribution >= 4 is 5.91 Å². The molecule has 0 aliphatic carbocycles. The number of hydrogen-bond acceptors (Lipinski definition) is 5. The molecular formula is C14H19N5O2. The first-order valence-corrected chi connectivity index (χ1v) is 7.16. The highest BCUT2D eigenvalue weighted by atomic mass is 16.5. The first-order chi connectivity index (χ1) is 9.99. The van der Waals surface area contributed by atoms with Crippen LogP contribution in [0, 0.1) is 6.92 Å². The molecule has 0 fully saturated rings. The Morgan fingerprint density at radius 2 is 2.14 bits per heavy atom. The van der Waals surface area contributed by atoms with Gasteiger partial charge in [0, 0.05) is 25.1 Å². The molecule has 0 bridgehead atoms. The molecule has 7 heteroatoms. The number of aromatic nitrogens is 4. The summed E-state index contributed by atoms with van der Waals surface area (Å²) in [6, 6.07) is 1.53. The Morgan fingerprint density at radius 3 is 2.76 bits per heavy atom. The predicted octanol–water partition coefficient (Wildman–Crippen LogP) is 1.91. The van der Waals surface area contributed by atoms with Crippen LogP contribution in [0.4, 0.5) is 0 Å². The molecular weight excluding hydrogens is 270 g/mol. The number of amides is 1. The Bertz CT molecular complexity index is 673. The summed E-state index contributed by atoms with van der Waals surface area (Å²) in [6.07, 6.45) is 0. The minimum absolute atomic E-state index is 0.128. The van der Waals surface area contributed by atoms with Gasteiger partial charge in [0.05, 0.1) is 11.7 Å². The summed E-state index contributed by atoms with van der Waals surface area (Å²) in [5.74, 6) is 2.24. The van der Waals surface area contributed by atoms with Crippen molar-refractivity contribution in [1.29, 1.82) is 0 Å². The summed E-state index contributed by atoms with van der Waals surface area (Å²) in [6.45, 7) is 9.27. The molecule has 0 radical (unpaired) electrons. The van der Waals surface area contributed by atoms with E-state index >= 15 is 0 Å². The summed E-state index contributed by atoms with van der Waals surface area (Å²) in [5.41, 5.74) is 0.702. The van der Waals surface area contributed by atoms with E-state index in [1.807, 2.05) is 6.92 Å². The van der Waals surface area contributed by atoms with Gasteiger partial charge in [0.1, 0.15) is 5.82 Å². The Labute approximate surface area is 122 Å². The molecule has 21 heavy (non-hydrogen) atoms. The normalized spacial score (nSPS) is 18.1. The molecule has 0 aromatic carbocycles. The Kier molecular flexibility index (Phi) is 3.27. The van der Waals surface area contributed by atoms with Crippen LogP contribution in [0.15, 0.2) is 10.6 Å². The van der Waals surface area contributed by atoms with Gasteiger partial charge in [0.2, 0.25) is 5.76 Å². The van der Waals surface area contributed by atoms with Gasteiger partial charge in [-0.25, -0.2) is 0 Å². The molecule has 0 N–H and O–H groups in total. The second-order valence-electron chi connectivity index (χ2n) is 5.73. The van der Waals surface area contributed by atoms with Crippen molar-refractivity contribution in [2.45, 2.75) is 46.2 Å². The van der Waals surface area contributed by atoms with E-state index in [1.54, 1.807) is 17.9 Å². The first-order valence-electron chi connectivity index (χ1n) is 7.16. The maximum Gasteiger partial charge on any atom is 0.293 e. The quantitative estimate of drug-likeness (QED) is 0.844. The molecule has 3 heterocycles. The number of aryl methyl sites for hydroxylation is 1. The van der Waals surface area contributed by atoms with Crippen LogP contribution in [-0.4, -0.2) is 37.3 Å². The van der Waals surface area contributed by atoms with Crippen molar-refractivity contribution in [2.75, 3.05) is 6.54 Å². The van der Waals surface area contributed by atoms with Gasteiger partial charge in [-0.2, -0.15) is 0 Å². The molecule has 0 saturated heterocycles. The van der Waals surface area contributed by atoms with Crippen molar-refractivity contribution in [2.24, 2.45) is 0 Å². The maximum absolute atomic E-state index is 12.5. The molecule has 2 aromatic rings. The molecule has 0 saturated carbocycles. The van der Waals surface area contributed by atoms with Gasteiger partial charge in [-0.05, 0) is 13.8 Å². The minimum Gasteiger partial charge on any atom is -0.351 e. The van der Waals surface area contributed by atoms with Crippen LogP contribution in [0.25, 0.3) is 0 Å². The summed E-state index contributed by atoms with van der Waals surface area (Å²) in [5, 5.41) is 12.3. The van der Waals surface area contributed by atoms with E-state index in [0.717, 1.165) is 11.6 Å². The molecule has 1 amide bonds. The van der Waals surface area contributed by atoms with Crippen LogP contribution in [0.2, 0.25) is 0 Å². The smallest absolute Gasteiger partial charge is 0.293 e. The third kappa shape index (κ3) is 2.22. The molecule has 7 nitrogen and oxygen atoms in total. The van der Waals surface area contributed by atoms with Crippen LogP contribution < -0.4 is 0 Å². The molecule has 0 unspecified atom stereocenters. The van der Waals surface area contributed by atoms with Gasteiger partial charge in [-0.1, -0.05) is 19.0 Å². The number of carbonyl (C=O) groups excluding carboxylic acids is 1. The molecule has 1 atom stereocenters. The number of hydrogen-bond donors (Lipinski definition) is 0. The highest BCUT2D eigenvalue weighted by Gasteiger charge is 2.33. The average Bonchev–Trinajstić information content (AvgIpc) is 3.05. The van der Waals surface area contributed by atoms with Gasteiger partial charge >= 0.3 is 0 Å². The fourth-order valence-electron chi connectivity index (χ4n) is 2.72. The predicted molar refractivity (Wildman–Crippen MR) is 74.8 cm³/mol. The van der Waals surface area contributed by atoms with Gasteiger partial charge in [0.15, 0.2) is 5.82 Å². The Balaban J connectivity index is 1.89. The van der Waals surface area contributed by atoms with Crippen LogP contribution in [0.5, 0.6) is 0 Å². The third-order valence-corrected chi connectivity index (χ3v) is 3.83. The lowest BCUT2D eigenvalue weighted by atomic mass is 10.1. The lowest BCUT2D eigenvalue weighted by Crippen LogP contribution is -2.41. The van der Waals surface area contributed by atoms with Crippen LogP contribution in [-0.2, 0) is 6.54 Å². The van der Waals surface area contributed by atoms with E-state index in [0.29, 0.717) is 24.7 Å². The largest absolute Gasteiger partial charge is 0.351 e.